The number of rotatable bonds is 4. The molecule has 4 N–H and O–H groups in total. The fourth-order valence-electron chi connectivity index (χ4n) is 1.27. The Bertz CT molecular complexity index is 482. The van der Waals surface area contributed by atoms with E-state index in [1.54, 1.807) is 0 Å². The van der Waals surface area contributed by atoms with Gasteiger partial charge in [-0.3, -0.25) is 4.79 Å². The van der Waals surface area contributed by atoms with Crippen LogP contribution in [0.1, 0.15) is 18.4 Å². The Balaban J connectivity index is -0.000000319. The quantitative estimate of drug-likeness (QED) is 0.698. The molecule has 0 saturated heterocycles. The largest absolute Gasteiger partial charge is 0.462 e. The first-order valence-corrected chi connectivity index (χ1v) is 7.09. The Labute approximate surface area is 150 Å². The number of aliphatic hydroxyl groups is 1. The van der Waals surface area contributed by atoms with Crippen molar-refractivity contribution < 1.29 is 27.9 Å². The highest BCUT2D eigenvalue weighted by Crippen LogP contribution is 2.22. The Morgan fingerprint density at radius 2 is 1.80 bits per heavy atom. The van der Waals surface area contributed by atoms with Gasteiger partial charge in [0.1, 0.15) is 12.9 Å². The molecule has 0 fully saturated rings. The van der Waals surface area contributed by atoms with Crippen LogP contribution in [0.3, 0.4) is 0 Å². The number of hydrogen-bond acceptors (Lipinski definition) is 4. The molecule has 1 rings (SSSR count). The van der Waals surface area contributed by atoms with Gasteiger partial charge in [-0.15, -0.1) is 0 Å². The summed E-state index contributed by atoms with van der Waals surface area (Å²) < 4.78 is 34.9. The fourth-order valence-corrected chi connectivity index (χ4v) is 1.40. The lowest BCUT2D eigenvalue weighted by Gasteiger charge is -2.12. The molecule has 0 radical (unpaired) electrons. The van der Waals surface area contributed by atoms with Crippen LogP contribution in [-0.4, -0.2) is 37.1 Å². The van der Waals surface area contributed by atoms with Crippen molar-refractivity contribution in [2.24, 2.45) is 5.73 Å². The second kappa shape index (κ2) is 16.6. The maximum absolute atomic E-state index is 11.6. The van der Waals surface area contributed by atoms with E-state index in [0.29, 0.717) is 0 Å². The normalized spacial score (nSPS) is 10.3. The Morgan fingerprint density at radius 1 is 1.40 bits per heavy atom. The van der Waals surface area contributed by atoms with Crippen molar-refractivity contribution >= 4 is 24.3 Å². The Kier molecular flexibility index (Phi) is 18.3. The molecule has 0 aliphatic heterocycles. The molecule has 25 heavy (non-hydrogen) atoms. The molecule has 0 aliphatic carbocycles. The number of likely N-dealkylation sites (N-methyl/N-ethyl adjacent to an activating group) is 1. The number of nitrogens with one attached hydrogen (secondary N) is 1. The van der Waals surface area contributed by atoms with Gasteiger partial charge in [-0.05, 0) is 32.5 Å². The van der Waals surface area contributed by atoms with Crippen molar-refractivity contribution in [3.8, 4) is 12.5 Å². The zero-order valence-electron chi connectivity index (χ0n) is 13.9. The Morgan fingerprint density at radius 3 is 2.04 bits per heavy atom. The first kappa shape index (κ1) is 27.6. The van der Waals surface area contributed by atoms with Crippen molar-refractivity contribution in [1.82, 2.24) is 5.32 Å². The number of alkyl halides is 3. The second-order valence-electron chi connectivity index (χ2n) is 4.32. The van der Waals surface area contributed by atoms with E-state index in [1.807, 2.05) is 38.0 Å². The summed E-state index contributed by atoms with van der Waals surface area (Å²) >= 11 is 5.61. The summed E-state index contributed by atoms with van der Waals surface area (Å²) in [4.78, 5) is 18.4. The van der Waals surface area contributed by atoms with Crippen LogP contribution in [0.4, 0.5) is 13.2 Å². The minimum atomic E-state index is -4.23. The van der Waals surface area contributed by atoms with Gasteiger partial charge in [-0.2, -0.15) is 13.2 Å². The number of carbonyl (C=O) groups excluding carboxylic acids is 2. The molecule has 1 aromatic rings. The summed E-state index contributed by atoms with van der Waals surface area (Å²) in [6.45, 7) is 4.04. The smallest absolute Gasteiger partial charge is 0.389 e. The Hall–Kier alpha value is -2.24. The highest BCUT2D eigenvalue weighted by atomic mass is 35.5. The number of amides is 1. The summed E-state index contributed by atoms with van der Waals surface area (Å²) in [5, 5.41) is 10.3. The molecular formula is C16H22ClF3N2O3. The molecule has 0 aliphatic rings. The summed E-state index contributed by atoms with van der Waals surface area (Å²) in [5.74, 6) is -0.762. The number of aryl methyl sites for hydroxylation is 1. The average molecular weight is 383 g/mol. The average Bonchev–Trinajstić information content (AvgIpc) is 2.53. The van der Waals surface area contributed by atoms with Gasteiger partial charge in [-0.25, -0.2) is 0 Å². The van der Waals surface area contributed by atoms with Gasteiger partial charge >= 0.3 is 6.18 Å². The predicted octanol–water partition coefficient (Wildman–Crippen LogP) is 2.82. The van der Waals surface area contributed by atoms with Crippen LogP contribution in [0, 0.1) is 19.5 Å². The molecule has 1 unspecified atom stereocenters. The van der Waals surface area contributed by atoms with E-state index in [0.717, 1.165) is 5.02 Å². The van der Waals surface area contributed by atoms with Crippen LogP contribution in [0.25, 0.3) is 0 Å². The highest BCUT2D eigenvalue weighted by Gasteiger charge is 2.29. The van der Waals surface area contributed by atoms with Crippen molar-refractivity contribution in [3.63, 3.8) is 0 Å². The van der Waals surface area contributed by atoms with Crippen LogP contribution >= 0.6 is 11.6 Å². The third-order valence-electron chi connectivity index (χ3n) is 2.42. The molecule has 1 amide bonds. The van der Waals surface area contributed by atoms with E-state index in [9.17, 15) is 18.0 Å². The third-order valence-corrected chi connectivity index (χ3v) is 2.67. The number of benzene rings is 1. The molecular weight excluding hydrogens is 361 g/mol. The van der Waals surface area contributed by atoms with Crippen molar-refractivity contribution in [2.75, 3.05) is 7.05 Å². The van der Waals surface area contributed by atoms with Gasteiger partial charge in [0.15, 0.2) is 0 Å². The molecule has 0 aromatic heterocycles. The van der Waals surface area contributed by atoms with E-state index in [2.05, 4.69) is 11.7 Å². The maximum Gasteiger partial charge on any atom is 0.389 e. The molecule has 1 aromatic carbocycles. The first-order valence-electron chi connectivity index (χ1n) is 6.71. The number of nitrogens with two attached hydrogens (primary N) is 1. The highest BCUT2D eigenvalue weighted by molar-refractivity contribution is 6.30. The van der Waals surface area contributed by atoms with E-state index in [4.69, 9.17) is 27.2 Å². The van der Waals surface area contributed by atoms with E-state index in [-0.39, 0.29) is 6.42 Å². The van der Waals surface area contributed by atoms with E-state index < -0.39 is 24.5 Å². The van der Waals surface area contributed by atoms with Gasteiger partial charge < -0.3 is 21.0 Å². The number of hydrogen-bond donors (Lipinski definition) is 3. The number of primary amides is 1. The standard InChI is InChI=1S/C7H7Cl.C6H11F3N2O.C2H2O.CH2O/c1-6-2-4-7(8)5-3-6;1-11-4(5(10)12)2-3-6(7,8)9;1-2-3;1-2/h2-5H,1H3;4,11H,2-3H2,1H3,(H2,10,12);1,3H;1H2. The van der Waals surface area contributed by atoms with Gasteiger partial charge in [0.2, 0.25) is 5.91 Å². The molecule has 0 bridgehead atoms. The van der Waals surface area contributed by atoms with Gasteiger partial charge in [0, 0.05) is 11.4 Å². The summed E-state index contributed by atoms with van der Waals surface area (Å²) in [6, 6.07) is 6.85. The second-order valence-corrected chi connectivity index (χ2v) is 4.76. The van der Waals surface area contributed by atoms with Crippen LogP contribution in [0.5, 0.6) is 0 Å². The minimum Gasteiger partial charge on any atom is -0.462 e. The SMILES string of the molecule is C#CO.C=O.CNC(CCC(F)(F)F)C(N)=O.Cc1ccc(Cl)cc1. The van der Waals surface area contributed by atoms with Crippen molar-refractivity contribution in [3.05, 3.63) is 34.9 Å². The zero-order chi connectivity index (χ0) is 20.5. The third kappa shape index (κ3) is 21.8. The fraction of sp³-hybridized carbons (Fsp3) is 0.375. The molecule has 0 heterocycles. The first-order chi connectivity index (χ1) is 11.6. The minimum absolute atomic E-state index is 0.310. The topological polar surface area (TPSA) is 92.4 Å². The molecule has 142 valence electrons. The van der Waals surface area contributed by atoms with Crippen LogP contribution < -0.4 is 11.1 Å². The molecule has 1 atom stereocenters. The summed E-state index contributed by atoms with van der Waals surface area (Å²) in [5.41, 5.74) is 6.05. The van der Waals surface area contributed by atoms with Crippen molar-refractivity contribution in [1.29, 1.82) is 0 Å². The summed E-state index contributed by atoms with van der Waals surface area (Å²) in [6.07, 6.45) is -0.138. The van der Waals surface area contributed by atoms with Crippen LogP contribution in [0.15, 0.2) is 24.3 Å². The lowest BCUT2D eigenvalue weighted by atomic mass is 10.1. The zero-order valence-corrected chi connectivity index (χ0v) is 14.7. The molecule has 0 saturated carbocycles. The number of carbonyl (C=O) groups is 2. The van der Waals surface area contributed by atoms with Crippen LogP contribution in [0.2, 0.25) is 5.02 Å². The van der Waals surface area contributed by atoms with Gasteiger partial charge in [-0.1, -0.05) is 35.7 Å². The van der Waals surface area contributed by atoms with Crippen LogP contribution in [-0.2, 0) is 9.59 Å². The monoisotopic (exact) mass is 382 g/mol. The molecule has 5 nitrogen and oxygen atoms in total. The van der Waals surface area contributed by atoms with Crippen molar-refractivity contribution in [2.45, 2.75) is 32.0 Å². The molecule has 0 spiro atoms. The predicted molar refractivity (Wildman–Crippen MR) is 91.4 cm³/mol. The number of terminal acetylenes is 1. The number of halogens is 4. The van der Waals surface area contributed by atoms with Gasteiger partial charge in [0.25, 0.3) is 0 Å². The van der Waals surface area contributed by atoms with E-state index >= 15 is 0 Å². The summed E-state index contributed by atoms with van der Waals surface area (Å²) in [7, 11) is 1.39. The maximum atomic E-state index is 11.6. The number of aliphatic hydroxyl groups excluding tert-OH is 1. The lowest BCUT2D eigenvalue weighted by molar-refractivity contribution is -0.138. The molecule has 9 heteroatoms. The van der Waals surface area contributed by atoms with E-state index in [1.165, 1.54) is 18.7 Å². The van der Waals surface area contributed by atoms with Gasteiger partial charge in [0.05, 0.1) is 6.04 Å². The lowest BCUT2D eigenvalue weighted by Crippen LogP contribution is -2.39.